The van der Waals surface area contributed by atoms with Gasteiger partial charge in [0.2, 0.25) is 15.9 Å². The van der Waals surface area contributed by atoms with Crippen molar-refractivity contribution < 1.29 is 13.2 Å². The minimum atomic E-state index is -3.60. The number of rotatable bonds is 5. The van der Waals surface area contributed by atoms with Crippen molar-refractivity contribution in [3.63, 3.8) is 0 Å². The fourth-order valence-electron chi connectivity index (χ4n) is 3.50. The topological polar surface area (TPSA) is 57.7 Å². The Labute approximate surface area is 165 Å². The van der Waals surface area contributed by atoms with E-state index in [0.29, 0.717) is 13.0 Å². The predicted octanol–water partition coefficient (Wildman–Crippen LogP) is 3.53. The molecule has 0 saturated carbocycles. The van der Waals surface area contributed by atoms with Gasteiger partial charge in [-0.1, -0.05) is 12.1 Å². The molecule has 3 rings (SSSR count). The van der Waals surface area contributed by atoms with Crippen LogP contribution in [0.25, 0.3) is 0 Å². The van der Waals surface area contributed by atoms with Gasteiger partial charge in [-0.3, -0.25) is 4.79 Å². The SMILES string of the molecule is CSc1ccc(CN(C)S(=O)(=O)c2ccc3c(c2)CC(C)N3C(C)=O)cc1. The van der Waals surface area contributed by atoms with Gasteiger partial charge in [-0.2, -0.15) is 4.31 Å². The summed E-state index contributed by atoms with van der Waals surface area (Å²) >= 11 is 1.65. The number of benzene rings is 2. The molecule has 27 heavy (non-hydrogen) atoms. The van der Waals surface area contributed by atoms with E-state index in [1.807, 2.05) is 37.4 Å². The van der Waals surface area contributed by atoms with Gasteiger partial charge < -0.3 is 4.90 Å². The van der Waals surface area contributed by atoms with E-state index in [9.17, 15) is 13.2 Å². The van der Waals surface area contributed by atoms with Crippen LogP contribution in [-0.2, 0) is 27.8 Å². The van der Waals surface area contributed by atoms with E-state index in [1.54, 1.807) is 41.9 Å². The van der Waals surface area contributed by atoms with Crippen molar-refractivity contribution in [3.8, 4) is 0 Å². The highest BCUT2D eigenvalue weighted by molar-refractivity contribution is 7.98. The summed E-state index contributed by atoms with van der Waals surface area (Å²) < 4.78 is 27.4. The van der Waals surface area contributed by atoms with E-state index in [-0.39, 0.29) is 16.8 Å². The van der Waals surface area contributed by atoms with Crippen LogP contribution in [0.4, 0.5) is 5.69 Å². The Balaban J connectivity index is 1.84. The van der Waals surface area contributed by atoms with Gasteiger partial charge in [-0.25, -0.2) is 8.42 Å². The van der Waals surface area contributed by atoms with E-state index >= 15 is 0 Å². The molecular formula is C20H24N2O3S2. The van der Waals surface area contributed by atoms with Gasteiger partial charge in [0.25, 0.3) is 0 Å². The van der Waals surface area contributed by atoms with E-state index < -0.39 is 10.0 Å². The maximum absolute atomic E-state index is 13.0. The molecule has 144 valence electrons. The number of amides is 1. The Hall–Kier alpha value is -1.83. The summed E-state index contributed by atoms with van der Waals surface area (Å²) in [6.07, 6.45) is 2.67. The van der Waals surface area contributed by atoms with Crippen molar-refractivity contribution in [3.05, 3.63) is 53.6 Å². The summed E-state index contributed by atoms with van der Waals surface area (Å²) in [5.74, 6) is -0.0253. The number of carbonyl (C=O) groups is 1. The normalized spacial score (nSPS) is 16.6. The van der Waals surface area contributed by atoms with Gasteiger partial charge in [0.1, 0.15) is 0 Å². The third kappa shape index (κ3) is 3.90. The summed E-state index contributed by atoms with van der Waals surface area (Å²) in [4.78, 5) is 15.0. The van der Waals surface area contributed by atoms with Crippen LogP contribution in [0.3, 0.4) is 0 Å². The highest BCUT2D eigenvalue weighted by atomic mass is 32.2. The van der Waals surface area contributed by atoms with E-state index in [0.717, 1.165) is 21.7 Å². The number of carbonyl (C=O) groups excluding carboxylic acids is 1. The summed E-state index contributed by atoms with van der Waals surface area (Å²) in [7, 11) is -2.01. The fourth-order valence-corrected chi connectivity index (χ4v) is 5.12. The number of fused-ring (bicyclic) bond motifs is 1. The second-order valence-electron chi connectivity index (χ2n) is 6.84. The molecule has 0 bridgehead atoms. The van der Waals surface area contributed by atoms with Crippen LogP contribution >= 0.6 is 11.8 Å². The lowest BCUT2D eigenvalue weighted by Gasteiger charge is -2.21. The lowest BCUT2D eigenvalue weighted by atomic mass is 10.1. The molecule has 2 aromatic carbocycles. The molecule has 1 amide bonds. The van der Waals surface area contributed by atoms with Crippen LogP contribution in [0.5, 0.6) is 0 Å². The first kappa shape index (κ1) is 19.9. The Bertz CT molecular complexity index is 956. The van der Waals surface area contributed by atoms with Crippen molar-refractivity contribution >= 4 is 33.4 Å². The van der Waals surface area contributed by atoms with Gasteiger partial charge in [-0.05, 0) is 61.1 Å². The number of anilines is 1. The third-order valence-corrected chi connectivity index (χ3v) is 7.42. The first-order valence-electron chi connectivity index (χ1n) is 8.76. The van der Waals surface area contributed by atoms with Crippen molar-refractivity contribution in [2.24, 2.45) is 0 Å². The Morgan fingerprint density at radius 3 is 2.48 bits per heavy atom. The largest absolute Gasteiger partial charge is 0.309 e. The smallest absolute Gasteiger partial charge is 0.243 e. The second-order valence-corrected chi connectivity index (χ2v) is 9.77. The van der Waals surface area contributed by atoms with Crippen LogP contribution < -0.4 is 4.90 Å². The van der Waals surface area contributed by atoms with Crippen LogP contribution in [-0.4, -0.2) is 38.0 Å². The van der Waals surface area contributed by atoms with E-state index in [4.69, 9.17) is 0 Å². The first-order valence-corrected chi connectivity index (χ1v) is 11.4. The maximum Gasteiger partial charge on any atom is 0.243 e. The second kappa shape index (κ2) is 7.66. The molecule has 0 spiro atoms. The average molecular weight is 405 g/mol. The van der Waals surface area contributed by atoms with E-state index in [2.05, 4.69) is 0 Å². The van der Waals surface area contributed by atoms with Gasteiger partial charge >= 0.3 is 0 Å². The standard InChI is InChI=1S/C20H24N2O3S2/c1-14-11-17-12-19(9-10-20(17)22(14)15(2)23)27(24,25)21(3)13-16-5-7-18(26-4)8-6-16/h5-10,12,14H,11,13H2,1-4H3. The molecule has 1 heterocycles. The van der Waals surface area contributed by atoms with Gasteiger partial charge in [0.15, 0.2) is 0 Å². The van der Waals surface area contributed by atoms with Crippen molar-refractivity contribution in [2.75, 3.05) is 18.2 Å². The Morgan fingerprint density at radius 2 is 1.89 bits per heavy atom. The molecule has 2 aromatic rings. The molecule has 1 aliphatic rings. The predicted molar refractivity (Wildman–Crippen MR) is 110 cm³/mol. The maximum atomic E-state index is 13.0. The van der Waals surface area contributed by atoms with Crippen LogP contribution in [0, 0.1) is 0 Å². The van der Waals surface area contributed by atoms with E-state index in [1.165, 1.54) is 11.2 Å². The lowest BCUT2D eigenvalue weighted by molar-refractivity contribution is -0.116. The molecule has 1 aliphatic heterocycles. The van der Waals surface area contributed by atoms with Crippen LogP contribution in [0.15, 0.2) is 52.3 Å². The monoisotopic (exact) mass is 404 g/mol. The molecule has 5 nitrogen and oxygen atoms in total. The number of sulfonamides is 1. The van der Waals surface area contributed by atoms with Gasteiger partial charge in [-0.15, -0.1) is 11.8 Å². The summed E-state index contributed by atoms with van der Waals surface area (Å²) in [6, 6.07) is 13.0. The van der Waals surface area contributed by atoms with Crippen LogP contribution in [0.2, 0.25) is 0 Å². The molecule has 0 N–H and O–H groups in total. The highest BCUT2D eigenvalue weighted by Gasteiger charge is 2.31. The molecule has 0 saturated heterocycles. The minimum Gasteiger partial charge on any atom is -0.309 e. The zero-order valence-corrected chi connectivity index (χ0v) is 17.6. The molecule has 0 aliphatic carbocycles. The zero-order chi connectivity index (χ0) is 19.8. The van der Waals surface area contributed by atoms with Gasteiger partial charge in [0, 0.05) is 37.1 Å². The van der Waals surface area contributed by atoms with Crippen molar-refractivity contribution in [2.45, 2.75) is 42.6 Å². The van der Waals surface area contributed by atoms with Gasteiger partial charge in [0.05, 0.1) is 4.90 Å². The highest BCUT2D eigenvalue weighted by Crippen LogP contribution is 2.34. The van der Waals surface area contributed by atoms with Crippen molar-refractivity contribution in [1.29, 1.82) is 0 Å². The molecular weight excluding hydrogens is 380 g/mol. The number of thioether (sulfide) groups is 1. The average Bonchev–Trinajstić information content (AvgIpc) is 2.97. The first-order chi connectivity index (χ1) is 12.7. The summed E-state index contributed by atoms with van der Waals surface area (Å²) in [5.41, 5.74) is 2.65. The molecule has 0 radical (unpaired) electrons. The lowest BCUT2D eigenvalue weighted by Crippen LogP contribution is -2.33. The summed E-state index contributed by atoms with van der Waals surface area (Å²) in [5, 5.41) is 0. The molecule has 7 heteroatoms. The third-order valence-electron chi connectivity index (χ3n) is 4.88. The number of hydrogen-bond acceptors (Lipinski definition) is 4. The quantitative estimate of drug-likeness (QED) is 0.716. The molecule has 0 fully saturated rings. The number of hydrogen-bond donors (Lipinski definition) is 0. The molecule has 0 aromatic heterocycles. The van der Waals surface area contributed by atoms with Crippen molar-refractivity contribution in [1.82, 2.24) is 4.31 Å². The Kier molecular flexibility index (Phi) is 5.65. The zero-order valence-electron chi connectivity index (χ0n) is 16.0. The van der Waals surface area contributed by atoms with Crippen LogP contribution in [0.1, 0.15) is 25.0 Å². The number of nitrogens with zero attached hydrogens (tertiary/aromatic N) is 2. The molecule has 1 unspecified atom stereocenters. The summed E-state index contributed by atoms with van der Waals surface area (Å²) in [6.45, 7) is 3.82. The minimum absolute atomic E-state index is 0.0253. The fraction of sp³-hybridized carbons (Fsp3) is 0.350. The molecule has 1 atom stereocenters. The Morgan fingerprint density at radius 1 is 1.22 bits per heavy atom.